The first-order chi connectivity index (χ1) is 6.82. The fourth-order valence-corrected chi connectivity index (χ4v) is 1.89. The van der Waals surface area contributed by atoms with Gasteiger partial charge in [0.25, 0.3) is 0 Å². The Morgan fingerprint density at radius 1 is 1.19 bits per heavy atom. The summed E-state index contributed by atoms with van der Waals surface area (Å²) >= 11 is 0. The molecule has 3 nitrogen and oxygen atoms in total. The maximum absolute atomic E-state index is 10.9. The van der Waals surface area contributed by atoms with E-state index in [0.717, 1.165) is 0 Å². The summed E-state index contributed by atoms with van der Waals surface area (Å²) in [5.74, 6) is -0.736. The van der Waals surface area contributed by atoms with Crippen LogP contribution in [0.4, 0.5) is 0 Å². The zero-order valence-corrected chi connectivity index (χ0v) is 12.0. The fourth-order valence-electron chi connectivity index (χ4n) is 1.89. The van der Waals surface area contributed by atoms with Gasteiger partial charge in [-0.2, -0.15) is 0 Å². The molecule has 16 heavy (non-hydrogen) atoms. The van der Waals surface area contributed by atoms with Crippen molar-refractivity contribution in [2.75, 3.05) is 0 Å². The summed E-state index contributed by atoms with van der Waals surface area (Å²) in [4.78, 5) is 13.2. The third-order valence-corrected chi connectivity index (χ3v) is 4.09. The summed E-state index contributed by atoms with van der Waals surface area (Å²) in [5.41, 5.74) is 0.0271. The lowest BCUT2D eigenvalue weighted by Gasteiger charge is -2.54. The molecule has 0 aromatic rings. The molecule has 0 aliphatic heterocycles. The number of carboxylic acid groups (broad SMARTS) is 1. The maximum atomic E-state index is 10.9. The topological polar surface area (TPSA) is 40.5 Å². The van der Waals surface area contributed by atoms with Crippen molar-refractivity contribution in [1.82, 2.24) is 4.81 Å². The van der Waals surface area contributed by atoms with Gasteiger partial charge in [0.2, 0.25) is 0 Å². The molecule has 0 bridgehead atoms. The molecule has 1 N–H and O–H groups in total. The van der Waals surface area contributed by atoms with Crippen LogP contribution in [0, 0.1) is 0 Å². The molecule has 0 amide bonds. The summed E-state index contributed by atoms with van der Waals surface area (Å²) < 4.78 is 0. The lowest BCUT2D eigenvalue weighted by Crippen LogP contribution is -2.63. The van der Waals surface area contributed by atoms with E-state index >= 15 is 0 Å². The summed E-state index contributed by atoms with van der Waals surface area (Å²) in [6, 6.07) is 0. The predicted octanol–water partition coefficient (Wildman–Crippen LogP) is -3.59. The zero-order valence-electron chi connectivity index (χ0n) is 12.0. The predicted molar refractivity (Wildman–Crippen MR) is 82.0 cm³/mol. The molecule has 0 aliphatic carbocycles. The number of aliphatic carboxylic acids is 1. The molecule has 0 aliphatic rings. The normalized spacial score (nSPS) is 14.0. The minimum atomic E-state index is -0.736. The second-order valence-corrected chi connectivity index (χ2v) is 6.74. The van der Waals surface area contributed by atoms with Gasteiger partial charge in [0.1, 0.15) is 31.4 Å². The van der Waals surface area contributed by atoms with Crippen molar-refractivity contribution in [2.45, 2.75) is 43.3 Å². The third kappa shape index (κ3) is 3.37. The van der Waals surface area contributed by atoms with Crippen molar-refractivity contribution in [3.05, 3.63) is 0 Å². The summed E-state index contributed by atoms with van der Waals surface area (Å²) in [6.45, 7) is 6.43. The maximum Gasteiger partial charge on any atom is 0.302 e. The zero-order chi connectivity index (χ0) is 13.4. The number of hydrogen-bond acceptors (Lipinski definition) is 2. The van der Waals surface area contributed by atoms with Crippen LogP contribution in [0.25, 0.3) is 0 Å². The second-order valence-electron chi connectivity index (χ2n) is 6.74. The highest BCUT2D eigenvalue weighted by molar-refractivity contribution is 6.55. The molecule has 0 rings (SSSR count). The number of nitrogens with zero attached hydrogens (tertiary/aromatic N) is 1. The van der Waals surface area contributed by atoms with Gasteiger partial charge in [-0.05, 0) is 20.8 Å². The van der Waals surface area contributed by atoms with Crippen LogP contribution in [-0.2, 0) is 4.79 Å². The Hall–Kier alpha value is -0.245. The summed E-state index contributed by atoms with van der Waals surface area (Å²) in [7, 11) is 10.3. The third-order valence-electron chi connectivity index (χ3n) is 4.09. The second kappa shape index (κ2) is 4.56. The molecule has 0 unspecified atom stereocenters. The number of rotatable bonds is 4. The van der Waals surface area contributed by atoms with E-state index in [1.54, 1.807) is 0 Å². The van der Waals surface area contributed by atoms with E-state index in [2.05, 4.69) is 49.3 Å². The van der Waals surface area contributed by atoms with Crippen molar-refractivity contribution in [1.29, 1.82) is 0 Å². The van der Waals surface area contributed by atoms with E-state index < -0.39 is 5.97 Å². The molecule has 0 fully saturated rings. The molecule has 0 saturated carbocycles. The van der Waals surface area contributed by atoms with E-state index in [1.165, 1.54) is 0 Å². The first-order valence-corrected chi connectivity index (χ1v) is 5.78. The van der Waals surface area contributed by atoms with Crippen LogP contribution < -0.4 is 0 Å². The highest BCUT2D eigenvalue weighted by Crippen LogP contribution is 2.37. The number of hydrogen-bond donors (Lipinski definition) is 1. The Balaban J connectivity index is 5.10. The van der Waals surface area contributed by atoms with Crippen molar-refractivity contribution < 1.29 is 9.90 Å². The largest absolute Gasteiger partial charge is 0.481 e. The van der Waals surface area contributed by atoms with Crippen molar-refractivity contribution in [2.24, 2.45) is 0 Å². The lowest BCUT2D eigenvalue weighted by molar-refractivity contribution is -0.137. The van der Waals surface area contributed by atoms with E-state index in [1.807, 2.05) is 15.7 Å². The highest BCUT2D eigenvalue weighted by Gasteiger charge is 2.43. The quantitative estimate of drug-likeness (QED) is 0.496. The van der Waals surface area contributed by atoms with Crippen LogP contribution in [-0.4, -0.2) is 66.1 Å². The van der Waals surface area contributed by atoms with Gasteiger partial charge >= 0.3 is 5.97 Å². The first-order valence-electron chi connectivity index (χ1n) is 5.78. The summed E-state index contributed by atoms with van der Waals surface area (Å²) in [6.07, 6.45) is 0.181. The molecule has 0 aromatic carbocycles. The van der Waals surface area contributed by atoms with Crippen LogP contribution in [0.1, 0.15) is 27.2 Å². The monoisotopic (exact) mass is 219 g/mol. The molecule has 0 heterocycles. The van der Waals surface area contributed by atoms with Crippen LogP contribution in [0.5, 0.6) is 0 Å². The Bertz CT molecular complexity index is 274. The molecule has 0 atom stereocenters. The molecule has 86 valence electrons. The van der Waals surface area contributed by atoms with Crippen LogP contribution in [0.15, 0.2) is 0 Å². The average molecular weight is 218 g/mol. The Morgan fingerprint density at radius 2 is 1.56 bits per heavy atom. The van der Waals surface area contributed by atoms with Crippen LogP contribution in [0.2, 0.25) is 5.21 Å². The van der Waals surface area contributed by atoms with Gasteiger partial charge in [0.15, 0.2) is 7.98 Å². The van der Waals surface area contributed by atoms with Crippen molar-refractivity contribution in [3.8, 4) is 0 Å². The van der Waals surface area contributed by atoms with E-state index in [4.69, 9.17) is 5.11 Å². The Labute approximate surface area is 104 Å². The van der Waals surface area contributed by atoms with Gasteiger partial charge in [-0.25, -0.2) is 0 Å². The van der Waals surface area contributed by atoms with Gasteiger partial charge in [-0.1, -0.05) is 10.6 Å². The minimum Gasteiger partial charge on any atom is -0.481 e. The van der Waals surface area contributed by atoms with Gasteiger partial charge in [-0.3, -0.25) is 4.79 Å². The summed E-state index contributed by atoms with van der Waals surface area (Å²) in [5, 5.41) is 8.52. The number of carboxylic acids is 1. The number of carbonyl (C=O) groups is 1. The minimum absolute atomic E-state index is 0.0271. The van der Waals surface area contributed by atoms with Gasteiger partial charge in [0, 0.05) is 12.0 Å². The van der Waals surface area contributed by atoms with Crippen molar-refractivity contribution >= 4 is 45.3 Å². The van der Waals surface area contributed by atoms with E-state index in [-0.39, 0.29) is 22.5 Å². The molecule has 0 aromatic heterocycles. The smallest absolute Gasteiger partial charge is 0.302 e. The molecule has 8 heteroatoms. The van der Waals surface area contributed by atoms with E-state index in [0.29, 0.717) is 0 Å². The standard InChI is InChI=1S/C8H22B5NO2/c1-6(2,3)14(13)8(11,12)7(9,10)4-5(15)16/h4,9-13H2,1-3H3,(H,15,16). The van der Waals surface area contributed by atoms with Gasteiger partial charge < -0.3 is 9.92 Å². The molecule has 0 spiro atoms. The Kier molecular flexibility index (Phi) is 4.49. The Morgan fingerprint density at radius 3 is 1.81 bits per heavy atom. The van der Waals surface area contributed by atoms with Crippen LogP contribution in [0.3, 0.4) is 0 Å². The van der Waals surface area contributed by atoms with Gasteiger partial charge in [-0.15, -0.1) is 0 Å². The first kappa shape index (κ1) is 15.8. The highest BCUT2D eigenvalue weighted by atomic mass is 16.4. The molecular formula is C8H22B5NO2. The molecule has 0 saturated heterocycles. The van der Waals surface area contributed by atoms with Crippen molar-refractivity contribution in [3.63, 3.8) is 0 Å². The van der Waals surface area contributed by atoms with Crippen LogP contribution >= 0.6 is 0 Å². The molecule has 0 radical (unpaired) electrons. The molecular weight excluding hydrogens is 196 g/mol. The average Bonchev–Trinajstić information content (AvgIpc) is 1.98. The van der Waals surface area contributed by atoms with Gasteiger partial charge in [0.05, 0.1) is 0 Å². The lowest BCUT2D eigenvalue weighted by atomic mass is 9.31. The fraction of sp³-hybridized carbons (Fsp3) is 0.875. The SMILES string of the molecule is BN(C(C)(C)C)C(B)(B)C(B)(B)CC(=O)O. The van der Waals surface area contributed by atoms with E-state index in [9.17, 15) is 4.79 Å².